The van der Waals surface area contributed by atoms with Gasteiger partial charge in [-0.25, -0.2) is 9.18 Å². The van der Waals surface area contributed by atoms with Gasteiger partial charge in [-0.15, -0.1) is 0 Å². The van der Waals surface area contributed by atoms with Crippen LogP contribution in [0, 0.1) is 56.6 Å². The number of halogens is 1. The summed E-state index contributed by atoms with van der Waals surface area (Å²) in [6.45, 7) is 16.5. The van der Waals surface area contributed by atoms with Crippen LogP contribution in [0.2, 0.25) is 0 Å². The Hall–Kier alpha value is -2.21. The van der Waals surface area contributed by atoms with Crippen molar-refractivity contribution in [2.75, 3.05) is 26.2 Å². The molecule has 6 aliphatic rings. The molecule has 6 heteroatoms. The van der Waals surface area contributed by atoms with Crippen molar-refractivity contribution in [3.05, 3.63) is 41.2 Å². The SMILES string of the molecule is CC1(C)C(c2ccc(C(=O)O)c(F)c2)=CC[C@@]2(C)C1CC[C@]1(C)C2CCC2C3CCC[C@]3(CNCCN3CCCC3=O)CC[C@]21C. The number of rotatable bonds is 7. The monoisotopic (exact) mass is 632 g/mol. The van der Waals surface area contributed by atoms with Crippen LogP contribution < -0.4 is 5.32 Å². The van der Waals surface area contributed by atoms with Crippen LogP contribution in [-0.2, 0) is 4.79 Å². The van der Waals surface area contributed by atoms with E-state index in [1.807, 2.05) is 11.0 Å². The lowest BCUT2D eigenvalue weighted by atomic mass is 9.32. The van der Waals surface area contributed by atoms with Crippen molar-refractivity contribution in [3.63, 3.8) is 0 Å². The van der Waals surface area contributed by atoms with Crippen LogP contribution in [0.25, 0.3) is 5.57 Å². The Labute approximate surface area is 276 Å². The molecule has 252 valence electrons. The molecule has 1 aromatic rings. The van der Waals surface area contributed by atoms with Crippen LogP contribution >= 0.6 is 0 Å². The highest BCUT2D eigenvalue weighted by atomic mass is 19.1. The zero-order chi connectivity index (χ0) is 32.7. The molecule has 0 bridgehead atoms. The predicted octanol–water partition coefficient (Wildman–Crippen LogP) is 8.58. The molecule has 5 fully saturated rings. The number of nitrogens with one attached hydrogen (secondary N) is 1. The quantitative estimate of drug-likeness (QED) is 0.296. The molecule has 1 heterocycles. The number of benzene rings is 1. The number of likely N-dealkylation sites (tertiary alicyclic amines) is 1. The summed E-state index contributed by atoms with van der Waals surface area (Å²) >= 11 is 0. The maximum atomic E-state index is 14.8. The Morgan fingerprint density at radius 1 is 0.957 bits per heavy atom. The molecule has 5 nitrogen and oxygen atoms in total. The molecular weight excluding hydrogens is 575 g/mol. The van der Waals surface area contributed by atoms with Gasteiger partial charge < -0.3 is 15.3 Å². The third-order valence-electron chi connectivity index (χ3n) is 15.8. The molecule has 1 saturated heterocycles. The number of carbonyl (C=O) groups is 2. The molecule has 0 radical (unpaired) electrons. The fourth-order valence-electron chi connectivity index (χ4n) is 13.5. The minimum atomic E-state index is -1.21. The second-order valence-corrected chi connectivity index (χ2v) is 17.7. The van der Waals surface area contributed by atoms with Gasteiger partial charge in [-0.05, 0) is 138 Å². The van der Waals surface area contributed by atoms with Crippen LogP contribution in [-0.4, -0.2) is 48.1 Å². The number of nitrogens with zero attached hydrogens (tertiary/aromatic N) is 1. The average Bonchev–Trinajstić information content (AvgIpc) is 3.61. The number of allylic oxidation sites excluding steroid dienone is 2. The maximum Gasteiger partial charge on any atom is 0.338 e. The van der Waals surface area contributed by atoms with Crippen molar-refractivity contribution in [2.24, 2.45) is 50.7 Å². The van der Waals surface area contributed by atoms with E-state index < -0.39 is 11.8 Å². The van der Waals surface area contributed by atoms with Crippen molar-refractivity contribution in [1.82, 2.24) is 10.2 Å². The van der Waals surface area contributed by atoms with Gasteiger partial charge in [-0.3, -0.25) is 4.79 Å². The van der Waals surface area contributed by atoms with Crippen LogP contribution in [0.3, 0.4) is 0 Å². The Morgan fingerprint density at radius 3 is 2.48 bits per heavy atom. The third-order valence-corrected chi connectivity index (χ3v) is 15.8. The summed E-state index contributed by atoms with van der Waals surface area (Å²) in [6.07, 6.45) is 17.0. The topological polar surface area (TPSA) is 69.6 Å². The van der Waals surface area contributed by atoms with E-state index >= 15 is 0 Å². The van der Waals surface area contributed by atoms with Gasteiger partial charge in [0.05, 0.1) is 5.56 Å². The molecule has 0 aromatic heterocycles. The van der Waals surface area contributed by atoms with Gasteiger partial charge in [-0.1, -0.05) is 53.2 Å². The summed E-state index contributed by atoms with van der Waals surface area (Å²) in [5.74, 6) is 1.22. The first-order valence-corrected chi connectivity index (χ1v) is 18.5. The third kappa shape index (κ3) is 4.61. The van der Waals surface area contributed by atoms with Crippen molar-refractivity contribution in [1.29, 1.82) is 0 Å². The first kappa shape index (κ1) is 32.3. The Kier molecular flexibility index (Phi) is 7.85. The Balaban J connectivity index is 1.11. The molecule has 1 amide bonds. The minimum Gasteiger partial charge on any atom is -0.478 e. The van der Waals surface area contributed by atoms with Crippen molar-refractivity contribution < 1.29 is 19.1 Å². The van der Waals surface area contributed by atoms with E-state index in [1.165, 1.54) is 75.5 Å². The number of hydrogen-bond donors (Lipinski definition) is 2. The highest BCUT2D eigenvalue weighted by Crippen LogP contribution is 2.77. The lowest BCUT2D eigenvalue weighted by Gasteiger charge is -2.72. The Morgan fingerprint density at radius 2 is 1.76 bits per heavy atom. The summed E-state index contributed by atoms with van der Waals surface area (Å²) in [4.78, 5) is 25.7. The van der Waals surface area contributed by atoms with Gasteiger partial charge in [-0.2, -0.15) is 0 Å². The van der Waals surface area contributed by atoms with Gasteiger partial charge in [0.1, 0.15) is 5.82 Å². The van der Waals surface area contributed by atoms with Crippen molar-refractivity contribution in [3.8, 4) is 0 Å². The van der Waals surface area contributed by atoms with Crippen LogP contribution in [0.1, 0.15) is 128 Å². The van der Waals surface area contributed by atoms with Crippen LogP contribution in [0.5, 0.6) is 0 Å². The second kappa shape index (κ2) is 11.2. The smallest absolute Gasteiger partial charge is 0.338 e. The van der Waals surface area contributed by atoms with E-state index in [1.54, 1.807) is 0 Å². The highest BCUT2D eigenvalue weighted by molar-refractivity contribution is 5.88. The van der Waals surface area contributed by atoms with E-state index in [-0.39, 0.29) is 16.4 Å². The normalized spacial score (nSPS) is 41.3. The molecule has 0 spiro atoms. The number of amides is 1. The molecule has 1 aromatic carbocycles. The summed E-state index contributed by atoms with van der Waals surface area (Å²) < 4.78 is 14.8. The van der Waals surface area contributed by atoms with E-state index in [4.69, 9.17) is 0 Å². The molecule has 5 aliphatic carbocycles. The first-order valence-electron chi connectivity index (χ1n) is 18.5. The number of fused-ring (bicyclic) bond motifs is 7. The van der Waals surface area contributed by atoms with E-state index in [0.717, 1.165) is 62.8 Å². The van der Waals surface area contributed by atoms with Crippen molar-refractivity contribution >= 4 is 17.4 Å². The molecular formula is C40H57FN2O3. The number of carboxylic acid groups (broad SMARTS) is 1. The van der Waals surface area contributed by atoms with Crippen LogP contribution in [0.15, 0.2) is 24.3 Å². The zero-order valence-corrected chi connectivity index (χ0v) is 29.0. The summed E-state index contributed by atoms with van der Waals surface area (Å²) in [5, 5.41) is 13.3. The first-order chi connectivity index (χ1) is 21.8. The molecule has 4 unspecified atom stereocenters. The van der Waals surface area contributed by atoms with Gasteiger partial charge in [0.2, 0.25) is 5.91 Å². The summed E-state index contributed by atoms with van der Waals surface area (Å²) in [5.41, 5.74) is 2.89. The van der Waals surface area contributed by atoms with E-state index in [2.05, 4.69) is 46.0 Å². The summed E-state index contributed by atoms with van der Waals surface area (Å²) in [6, 6.07) is 4.71. The van der Waals surface area contributed by atoms with Gasteiger partial charge in [0.15, 0.2) is 0 Å². The second-order valence-electron chi connectivity index (χ2n) is 17.7. The molecule has 2 N–H and O–H groups in total. The molecule has 8 atom stereocenters. The molecule has 46 heavy (non-hydrogen) atoms. The maximum absolute atomic E-state index is 14.8. The van der Waals surface area contributed by atoms with Gasteiger partial charge in [0.25, 0.3) is 0 Å². The van der Waals surface area contributed by atoms with Gasteiger partial charge in [0, 0.05) is 32.6 Å². The highest BCUT2D eigenvalue weighted by Gasteiger charge is 2.69. The lowest BCUT2D eigenvalue weighted by molar-refractivity contribution is -0.222. The van der Waals surface area contributed by atoms with E-state index in [9.17, 15) is 19.1 Å². The fraction of sp³-hybridized carbons (Fsp3) is 0.750. The Bertz CT molecular complexity index is 1440. The lowest BCUT2D eigenvalue weighted by Crippen LogP contribution is -2.65. The van der Waals surface area contributed by atoms with Crippen LogP contribution in [0.4, 0.5) is 4.39 Å². The number of carboxylic acids is 1. The number of hydrogen-bond acceptors (Lipinski definition) is 3. The fourth-order valence-corrected chi connectivity index (χ4v) is 13.5. The largest absolute Gasteiger partial charge is 0.478 e. The van der Waals surface area contributed by atoms with Crippen molar-refractivity contribution in [2.45, 2.75) is 112 Å². The van der Waals surface area contributed by atoms with E-state index in [0.29, 0.717) is 34.0 Å². The predicted molar refractivity (Wildman–Crippen MR) is 181 cm³/mol. The number of aromatic carboxylic acids is 1. The average molecular weight is 633 g/mol. The molecule has 4 saturated carbocycles. The zero-order valence-electron chi connectivity index (χ0n) is 29.0. The molecule has 7 rings (SSSR count). The standard InChI is InChI=1S/C40H57FN2O3/c1-36(2)28(26-10-11-27(35(45)46)31(41)24-26)14-17-37(3)32(36)15-18-39(5)33(37)13-12-29-30-8-6-16-40(30,20-19-38(29,39)4)25-42-21-23-43-22-7-9-34(43)44/h10-11,14,24,29-30,32-33,42H,6-9,12-13,15-23,25H2,1-5H3,(H,45,46)/t29?,30?,32?,33?,37-,38+,39+,40+/m0/s1. The molecule has 1 aliphatic heterocycles. The van der Waals surface area contributed by atoms with Gasteiger partial charge >= 0.3 is 5.97 Å². The summed E-state index contributed by atoms with van der Waals surface area (Å²) in [7, 11) is 0. The minimum absolute atomic E-state index is 0.123. The number of carbonyl (C=O) groups excluding carboxylic acids is 1.